The van der Waals surface area contributed by atoms with Crippen molar-refractivity contribution in [1.29, 1.82) is 0 Å². The average Bonchev–Trinajstić information content (AvgIpc) is 2.99. The van der Waals surface area contributed by atoms with E-state index < -0.39 is 6.04 Å². The minimum Gasteiger partial charge on any atom is -0.494 e. The predicted octanol–water partition coefficient (Wildman–Crippen LogP) is 3.12. The Labute approximate surface area is 162 Å². The number of aliphatic hydroxyl groups is 1. The van der Waals surface area contributed by atoms with Gasteiger partial charge in [0.25, 0.3) is 5.91 Å². The first kappa shape index (κ1) is 18.3. The number of carbonyl (C=O) groups excluding carboxylic acids is 1. The molecule has 0 bridgehead atoms. The van der Waals surface area contributed by atoms with Crippen LogP contribution in [-0.2, 0) is 0 Å². The SMILES string of the molecule is CCOc1cccc([C@@H]2c3c(oc4ccccc4c3=O)C(=O)N2CCCO)c1. The third-order valence-electron chi connectivity index (χ3n) is 4.92. The van der Waals surface area contributed by atoms with Crippen molar-refractivity contribution in [3.8, 4) is 5.75 Å². The fourth-order valence-corrected chi connectivity index (χ4v) is 3.73. The van der Waals surface area contributed by atoms with Crippen molar-refractivity contribution in [3.05, 3.63) is 75.6 Å². The van der Waals surface area contributed by atoms with Gasteiger partial charge in [0.05, 0.1) is 23.6 Å². The number of ether oxygens (including phenoxy) is 1. The summed E-state index contributed by atoms with van der Waals surface area (Å²) in [7, 11) is 0. The lowest BCUT2D eigenvalue weighted by molar-refractivity contribution is 0.0716. The van der Waals surface area contributed by atoms with Gasteiger partial charge in [-0.3, -0.25) is 9.59 Å². The van der Waals surface area contributed by atoms with Gasteiger partial charge >= 0.3 is 0 Å². The molecule has 1 aliphatic heterocycles. The Morgan fingerprint density at radius 1 is 1.14 bits per heavy atom. The van der Waals surface area contributed by atoms with Gasteiger partial charge in [0.1, 0.15) is 11.3 Å². The number of aliphatic hydroxyl groups excluding tert-OH is 1. The van der Waals surface area contributed by atoms with Crippen LogP contribution in [0.4, 0.5) is 0 Å². The summed E-state index contributed by atoms with van der Waals surface area (Å²) >= 11 is 0. The van der Waals surface area contributed by atoms with Crippen molar-refractivity contribution in [3.63, 3.8) is 0 Å². The maximum atomic E-state index is 13.3. The molecule has 0 radical (unpaired) electrons. The monoisotopic (exact) mass is 379 g/mol. The van der Waals surface area contributed by atoms with Crippen LogP contribution >= 0.6 is 0 Å². The maximum absolute atomic E-state index is 13.3. The fourth-order valence-electron chi connectivity index (χ4n) is 3.73. The Morgan fingerprint density at radius 3 is 2.75 bits per heavy atom. The summed E-state index contributed by atoms with van der Waals surface area (Å²) in [5.74, 6) is 0.416. The molecule has 2 aromatic carbocycles. The molecule has 6 nitrogen and oxygen atoms in total. The van der Waals surface area contributed by atoms with Gasteiger partial charge in [-0.15, -0.1) is 0 Å². The first-order chi connectivity index (χ1) is 13.7. The molecule has 1 atom stereocenters. The van der Waals surface area contributed by atoms with E-state index in [1.165, 1.54) is 0 Å². The maximum Gasteiger partial charge on any atom is 0.290 e. The number of fused-ring (bicyclic) bond motifs is 2. The second-order valence-corrected chi connectivity index (χ2v) is 6.65. The Hall–Kier alpha value is -3.12. The number of carbonyl (C=O) groups is 1. The molecule has 1 aromatic heterocycles. The molecular formula is C22H21NO5. The average molecular weight is 379 g/mol. The lowest BCUT2D eigenvalue weighted by Crippen LogP contribution is -2.31. The molecule has 1 N–H and O–H groups in total. The molecule has 4 rings (SSSR count). The van der Waals surface area contributed by atoms with Gasteiger partial charge in [-0.2, -0.15) is 0 Å². The molecule has 0 fully saturated rings. The first-order valence-corrected chi connectivity index (χ1v) is 9.36. The van der Waals surface area contributed by atoms with Gasteiger partial charge in [0.15, 0.2) is 5.43 Å². The van der Waals surface area contributed by atoms with Gasteiger partial charge in [-0.25, -0.2) is 0 Å². The molecule has 0 saturated heterocycles. The second-order valence-electron chi connectivity index (χ2n) is 6.65. The van der Waals surface area contributed by atoms with Gasteiger partial charge < -0.3 is 19.2 Å². The highest BCUT2D eigenvalue weighted by molar-refractivity contribution is 5.99. The van der Waals surface area contributed by atoms with E-state index in [1.54, 1.807) is 29.2 Å². The zero-order chi connectivity index (χ0) is 19.7. The Kier molecular flexibility index (Phi) is 4.88. The first-order valence-electron chi connectivity index (χ1n) is 9.36. The summed E-state index contributed by atoms with van der Waals surface area (Å²) in [4.78, 5) is 27.9. The third-order valence-corrected chi connectivity index (χ3v) is 4.92. The smallest absolute Gasteiger partial charge is 0.290 e. The number of hydrogen-bond acceptors (Lipinski definition) is 5. The van der Waals surface area contributed by atoms with E-state index in [-0.39, 0.29) is 23.7 Å². The summed E-state index contributed by atoms with van der Waals surface area (Å²) in [5, 5.41) is 9.71. The Bertz CT molecular complexity index is 1090. The van der Waals surface area contributed by atoms with E-state index in [9.17, 15) is 14.7 Å². The highest BCUT2D eigenvalue weighted by Gasteiger charge is 2.42. The third kappa shape index (κ3) is 2.96. The molecule has 3 aromatic rings. The fraction of sp³-hybridized carbons (Fsp3) is 0.273. The van der Waals surface area contributed by atoms with Crippen LogP contribution in [0.25, 0.3) is 11.0 Å². The summed E-state index contributed by atoms with van der Waals surface area (Å²) in [6.07, 6.45) is 0.412. The molecule has 0 spiro atoms. The van der Waals surface area contributed by atoms with E-state index in [1.807, 2.05) is 31.2 Å². The van der Waals surface area contributed by atoms with Gasteiger partial charge in [0.2, 0.25) is 5.76 Å². The number of rotatable bonds is 6. The van der Waals surface area contributed by atoms with Crippen LogP contribution in [0.15, 0.2) is 57.7 Å². The molecule has 144 valence electrons. The summed E-state index contributed by atoms with van der Waals surface area (Å²) in [6, 6.07) is 13.8. The Morgan fingerprint density at radius 2 is 1.96 bits per heavy atom. The van der Waals surface area contributed by atoms with Gasteiger partial charge in [-0.1, -0.05) is 24.3 Å². The van der Waals surface area contributed by atoms with Crippen LogP contribution < -0.4 is 10.2 Å². The van der Waals surface area contributed by atoms with Crippen LogP contribution in [0.5, 0.6) is 5.75 Å². The van der Waals surface area contributed by atoms with Gasteiger partial charge in [0, 0.05) is 13.2 Å². The number of benzene rings is 2. The molecule has 6 heteroatoms. The minimum absolute atomic E-state index is 0.0464. The largest absolute Gasteiger partial charge is 0.494 e. The summed E-state index contributed by atoms with van der Waals surface area (Å²) in [5.41, 5.74) is 1.31. The van der Waals surface area contributed by atoms with Crippen LogP contribution in [0.2, 0.25) is 0 Å². The van der Waals surface area contributed by atoms with Crippen molar-refractivity contribution in [2.75, 3.05) is 19.8 Å². The summed E-state index contributed by atoms with van der Waals surface area (Å²) < 4.78 is 11.4. The molecule has 28 heavy (non-hydrogen) atoms. The normalized spacial score (nSPS) is 15.9. The van der Waals surface area contributed by atoms with Gasteiger partial charge in [-0.05, 0) is 43.2 Å². The van der Waals surface area contributed by atoms with E-state index in [0.29, 0.717) is 41.9 Å². The second kappa shape index (κ2) is 7.48. The van der Waals surface area contributed by atoms with Crippen molar-refractivity contribution in [2.24, 2.45) is 0 Å². The molecule has 0 unspecified atom stereocenters. The lowest BCUT2D eigenvalue weighted by Gasteiger charge is -2.25. The number of para-hydroxylation sites is 1. The molecule has 0 aliphatic carbocycles. The zero-order valence-electron chi connectivity index (χ0n) is 15.6. The zero-order valence-corrected chi connectivity index (χ0v) is 15.6. The van der Waals surface area contributed by atoms with E-state index in [0.717, 1.165) is 5.56 Å². The number of amides is 1. The molecule has 0 saturated carbocycles. The van der Waals surface area contributed by atoms with Crippen molar-refractivity contribution < 1.29 is 19.1 Å². The lowest BCUT2D eigenvalue weighted by atomic mass is 9.98. The highest BCUT2D eigenvalue weighted by atomic mass is 16.5. The van der Waals surface area contributed by atoms with E-state index in [4.69, 9.17) is 9.15 Å². The highest BCUT2D eigenvalue weighted by Crippen LogP contribution is 2.39. The van der Waals surface area contributed by atoms with Crippen LogP contribution in [0.1, 0.15) is 41.1 Å². The quantitative estimate of drug-likeness (QED) is 0.712. The molecular weight excluding hydrogens is 358 g/mol. The standard InChI is InChI=1S/C22H21NO5/c1-2-27-15-8-5-7-14(13-15)19-18-20(25)16-9-3-4-10-17(16)28-21(18)22(26)23(19)11-6-12-24/h3-5,7-10,13,19,24H,2,6,11-12H2,1H3/t19-/m1/s1. The van der Waals surface area contributed by atoms with Crippen molar-refractivity contribution in [1.82, 2.24) is 4.90 Å². The Balaban J connectivity index is 1.93. The number of nitrogens with zero attached hydrogens (tertiary/aromatic N) is 1. The molecule has 1 amide bonds. The summed E-state index contributed by atoms with van der Waals surface area (Å²) in [6.45, 7) is 2.69. The van der Waals surface area contributed by atoms with Crippen LogP contribution in [0, 0.1) is 0 Å². The minimum atomic E-state index is -0.574. The molecule has 2 heterocycles. The van der Waals surface area contributed by atoms with Crippen LogP contribution in [0.3, 0.4) is 0 Å². The topological polar surface area (TPSA) is 80.0 Å². The van der Waals surface area contributed by atoms with E-state index in [2.05, 4.69) is 0 Å². The van der Waals surface area contributed by atoms with Crippen molar-refractivity contribution in [2.45, 2.75) is 19.4 Å². The predicted molar refractivity (Wildman–Crippen MR) is 105 cm³/mol. The molecule has 1 aliphatic rings. The van der Waals surface area contributed by atoms with Crippen molar-refractivity contribution >= 4 is 16.9 Å². The van der Waals surface area contributed by atoms with Crippen LogP contribution in [-0.4, -0.2) is 35.7 Å². The van der Waals surface area contributed by atoms with E-state index >= 15 is 0 Å². The number of hydrogen-bond donors (Lipinski definition) is 1.